The summed E-state index contributed by atoms with van der Waals surface area (Å²) in [7, 11) is 1.67. The van der Waals surface area contributed by atoms with Crippen molar-refractivity contribution in [3.63, 3.8) is 0 Å². The number of pyridine rings is 1. The quantitative estimate of drug-likeness (QED) is 0.717. The number of hydrogen-bond acceptors (Lipinski definition) is 5. The average Bonchev–Trinajstić information content (AvgIpc) is 2.96. The van der Waals surface area contributed by atoms with E-state index >= 15 is 0 Å². The lowest BCUT2D eigenvalue weighted by Crippen LogP contribution is -2.25. The molecule has 0 saturated carbocycles. The maximum atomic E-state index is 12.9. The number of nitrogens with zero attached hydrogens (tertiary/aromatic N) is 2. The molecule has 1 aliphatic heterocycles. The third kappa shape index (κ3) is 3.06. The molecule has 4 rings (SSSR count). The molecular formula is C20H17N3O3S. The highest BCUT2D eigenvalue weighted by Crippen LogP contribution is 2.37. The largest absolute Gasteiger partial charge is 0.436 e. The van der Waals surface area contributed by atoms with E-state index in [1.165, 1.54) is 16.2 Å². The molecule has 3 aromatic rings. The summed E-state index contributed by atoms with van der Waals surface area (Å²) in [6.07, 6.45) is 1.61. The number of fused-ring (bicyclic) bond motifs is 2. The molecular weight excluding hydrogens is 362 g/mol. The van der Waals surface area contributed by atoms with Crippen LogP contribution in [0.2, 0.25) is 0 Å². The van der Waals surface area contributed by atoms with E-state index in [1.807, 2.05) is 19.9 Å². The molecule has 0 fully saturated rings. The molecule has 0 saturated heterocycles. The number of aryl methyl sites for hydroxylation is 2. The minimum atomic E-state index is -0.226. The SMILES string of the molecule is Cc1cc(C(=O)Nc2ccc3c(c2)C(=O)N(C)c2cccnc2O3)sc1C. The van der Waals surface area contributed by atoms with Gasteiger partial charge in [0.05, 0.1) is 10.4 Å². The Kier molecular flexibility index (Phi) is 4.16. The Morgan fingerprint density at radius 2 is 2.04 bits per heavy atom. The second kappa shape index (κ2) is 6.51. The van der Waals surface area contributed by atoms with Crippen LogP contribution in [-0.4, -0.2) is 23.8 Å². The molecule has 0 atom stereocenters. The number of rotatable bonds is 2. The van der Waals surface area contributed by atoms with Crippen molar-refractivity contribution in [2.45, 2.75) is 13.8 Å². The molecule has 136 valence electrons. The first-order chi connectivity index (χ1) is 12.9. The fourth-order valence-corrected chi connectivity index (χ4v) is 3.78. The molecule has 1 aromatic carbocycles. The van der Waals surface area contributed by atoms with Crippen molar-refractivity contribution < 1.29 is 14.3 Å². The van der Waals surface area contributed by atoms with Gasteiger partial charge in [0.15, 0.2) is 0 Å². The summed E-state index contributed by atoms with van der Waals surface area (Å²) in [5.74, 6) is 0.352. The van der Waals surface area contributed by atoms with E-state index in [4.69, 9.17) is 4.74 Å². The summed E-state index contributed by atoms with van der Waals surface area (Å²) in [5, 5.41) is 2.86. The van der Waals surface area contributed by atoms with Crippen LogP contribution in [-0.2, 0) is 0 Å². The lowest BCUT2D eigenvalue weighted by molar-refractivity contribution is 0.0990. The third-order valence-electron chi connectivity index (χ3n) is 4.48. The van der Waals surface area contributed by atoms with Crippen molar-refractivity contribution in [3.8, 4) is 11.6 Å². The summed E-state index contributed by atoms with van der Waals surface area (Å²) >= 11 is 1.45. The summed E-state index contributed by atoms with van der Waals surface area (Å²) in [6, 6.07) is 10.4. The van der Waals surface area contributed by atoms with Crippen LogP contribution in [0.3, 0.4) is 0 Å². The Morgan fingerprint density at radius 3 is 2.78 bits per heavy atom. The van der Waals surface area contributed by atoms with Gasteiger partial charge in [0.1, 0.15) is 11.4 Å². The van der Waals surface area contributed by atoms with Crippen LogP contribution in [0.25, 0.3) is 0 Å². The van der Waals surface area contributed by atoms with Crippen LogP contribution in [0.1, 0.15) is 30.5 Å². The smallest absolute Gasteiger partial charge is 0.265 e. The van der Waals surface area contributed by atoms with Gasteiger partial charge in [0.2, 0.25) is 5.88 Å². The Hall–Kier alpha value is -3.19. The number of nitrogens with one attached hydrogen (secondary N) is 1. The fraction of sp³-hybridized carbons (Fsp3) is 0.150. The second-order valence-electron chi connectivity index (χ2n) is 6.31. The monoisotopic (exact) mass is 379 g/mol. The van der Waals surface area contributed by atoms with Crippen molar-refractivity contribution in [2.24, 2.45) is 0 Å². The van der Waals surface area contributed by atoms with Gasteiger partial charge >= 0.3 is 0 Å². The molecule has 1 N–H and O–H groups in total. The Balaban J connectivity index is 1.66. The van der Waals surface area contributed by atoms with Crippen molar-refractivity contribution in [1.82, 2.24) is 4.98 Å². The van der Waals surface area contributed by atoms with Crippen LogP contribution < -0.4 is 15.0 Å². The zero-order chi connectivity index (χ0) is 19.1. The first-order valence-electron chi connectivity index (χ1n) is 8.37. The third-order valence-corrected chi connectivity index (χ3v) is 5.63. The first-order valence-corrected chi connectivity index (χ1v) is 9.19. The van der Waals surface area contributed by atoms with E-state index in [2.05, 4.69) is 10.3 Å². The molecule has 0 bridgehead atoms. The van der Waals surface area contributed by atoms with Gasteiger partial charge in [-0.25, -0.2) is 4.98 Å². The number of benzene rings is 1. The summed E-state index contributed by atoms with van der Waals surface area (Å²) in [5.41, 5.74) is 2.58. The number of carbonyl (C=O) groups is 2. The molecule has 7 heteroatoms. The van der Waals surface area contributed by atoms with Crippen molar-refractivity contribution in [2.75, 3.05) is 17.3 Å². The van der Waals surface area contributed by atoms with E-state index in [-0.39, 0.29) is 11.8 Å². The molecule has 1 aliphatic rings. The highest BCUT2D eigenvalue weighted by molar-refractivity contribution is 7.14. The van der Waals surface area contributed by atoms with Crippen LogP contribution in [0.4, 0.5) is 11.4 Å². The standard InChI is InChI=1S/C20H17N3O3S/c1-11-9-17(27-12(11)2)18(24)22-13-6-7-16-14(10-13)20(25)23(3)15-5-4-8-21-19(15)26-16/h4-10H,1-3H3,(H,22,24). The number of hydrogen-bond donors (Lipinski definition) is 1. The van der Waals surface area contributed by atoms with E-state index < -0.39 is 0 Å². The molecule has 2 aromatic heterocycles. The van der Waals surface area contributed by atoms with Gasteiger partial charge in [0.25, 0.3) is 11.8 Å². The normalized spacial score (nSPS) is 12.7. The minimum absolute atomic E-state index is 0.198. The second-order valence-corrected chi connectivity index (χ2v) is 7.57. The lowest BCUT2D eigenvalue weighted by atomic mass is 10.1. The van der Waals surface area contributed by atoms with Gasteiger partial charge in [-0.1, -0.05) is 0 Å². The highest BCUT2D eigenvalue weighted by Gasteiger charge is 2.26. The summed E-state index contributed by atoms with van der Waals surface area (Å²) in [6.45, 7) is 3.96. The van der Waals surface area contributed by atoms with Crippen molar-refractivity contribution >= 4 is 34.5 Å². The topological polar surface area (TPSA) is 71.5 Å². The predicted octanol–water partition coefficient (Wildman–Crippen LogP) is 4.39. The maximum Gasteiger partial charge on any atom is 0.265 e. The molecule has 3 heterocycles. The van der Waals surface area contributed by atoms with Crippen LogP contribution in [0.5, 0.6) is 11.6 Å². The molecule has 0 unspecified atom stereocenters. The van der Waals surface area contributed by atoms with Crippen molar-refractivity contribution in [3.05, 3.63) is 63.5 Å². The summed E-state index contributed by atoms with van der Waals surface area (Å²) < 4.78 is 5.82. The Bertz CT molecular complexity index is 1050. The Labute approximate surface area is 160 Å². The Morgan fingerprint density at radius 1 is 1.22 bits per heavy atom. The minimum Gasteiger partial charge on any atom is -0.436 e. The number of carbonyl (C=O) groups excluding carboxylic acids is 2. The van der Waals surface area contributed by atoms with Gasteiger partial charge in [-0.2, -0.15) is 0 Å². The van der Waals surface area contributed by atoms with Gasteiger partial charge in [-0.15, -0.1) is 11.3 Å². The number of amides is 2. The number of anilines is 2. The van der Waals surface area contributed by atoms with E-state index in [0.717, 1.165) is 10.4 Å². The van der Waals surface area contributed by atoms with E-state index in [0.29, 0.717) is 33.4 Å². The zero-order valence-corrected chi connectivity index (χ0v) is 15.9. The zero-order valence-electron chi connectivity index (χ0n) is 15.1. The molecule has 0 aliphatic carbocycles. The number of thiophene rings is 1. The molecule has 0 spiro atoms. The van der Waals surface area contributed by atoms with Crippen molar-refractivity contribution in [1.29, 1.82) is 0 Å². The highest BCUT2D eigenvalue weighted by atomic mass is 32.1. The molecule has 0 radical (unpaired) electrons. The molecule has 27 heavy (non-hydrogen) atoms. The predicted molar refractivity (Wildman–Crippen MR) is 105 cm³/mol. The maximum absolute atomic E-state index is 12.9. The number of ether oxygens (including phenoxy) is 1. The van der Waals surface area contributed by atoms with Crippen LogP contribution in [0, 0.1) is 13.8 Å². The fourth-order valence-electron chi connectivity index (χ4n) is 2.85. The van der Waals surface area contributed by atoms with Gasteiger partial charge in [-0.3, -0.25) is 9.59 Å². The molecule has 6 nitrogen and oxygen atoms in total. The lowest BCUT2D eigenvalue weighted by Gasteiger charge is -2.15. The molecule has 2 amide bonds. The average molecular weight is 379 g/mol. The number of aromatic nitrogens is 1. The van der Waals surface area contributed by atoms with Gasteiger partial charge in [-0.05, 0) is 55.8 Å². The van der Waals surface area contributed by atoms with Crippen LogP contribution in [0.15, 0.2) is 42.6 Å². The first kappa shape index (κ1) is 17.2. The summed E-state index contributed by atoms with van der Waals surface area (Å²) in [4.78, 5) is 32.8. The van der Waals surface area contributed by atoms with Crippen LogP contribution >= 0.6 is 11.3 Å². The van der Waals surface area contributed by atoms with Gasteiger partial charge in [0, 0.05) is 23.8 Å². The van der Waals surface area contributed by atoms with E-state index in [1.54, 1.807) is 43.6 Å². The van der Waals surface area contributed by atoms with Gasteiger partial charge < -0.3 is 15.0 Å². The van der Waals surface area contributed by atoms with E-state index in [9.17, 15) is 9.59 Å².